The molecule has 0 radical (unpaired) electrons. The average molecular weight is 306 g/mol. The minimum absolute atomic E-state index is 0.0120. The van der Waals surface area contributed by atoms with Gasteiger partial charge in [-0.3, -0.25) is 9.59 Å². The highest BCUT2D eigenvalue weighted by molar-refractivity contribution is 7.98. The van der Waals surface area contributed by atoms with Gasteiger partial charge in [0.05, 0.1) is 0 Å². The van der Waals surface area contributed by atoms with Crippen LogP contribution in [0.5, 0.6) is 0 Å². The summed E-state index contributed by atoms with van der Waals surface area (Å²) in [6.45, 7) is 4.18. The molecule has 21 heavy (non-hydrogen) atoms. The minimum atomic E-state index is -0.927. The van der Waals surface area contributed by atoms with E-state index in [1.54, 1.807) is 23.6 Å². The van der Waals surface area contributed by atoms with Crippen molar-refractivity contribution in [3.63, 3.8) is 0 Å². The number of hydrogen-bond donors (Lipinski definition) is 1. The molecule has 2 amide bonds. The molecule has 2 unspecified atom stereocenters. The van der Waals surface area contributed by atoms with Crippen molar-refractivity contribution < 1.29 is 9.59 Å². The highest BCUT2D eigenvalue weighted by atomic mass is 32.2. The largest absolute Gasteiger partial charge is 0.342 e. The molecule has 1 aromatic carbocycles. The summed E-state index contributed by atoms with van der Waals surface area (Å²) in [6, 6.07) is 9.07. The smallest absolute Gasteiger partial charge is 0.250 e. The van der Waals surface area contributed by atoms with Crippen LogP contribution in [0.25, 0.3) is 0 Å². The summed E-state index contributed by atoms with van der Waals surface area (Å²) in [5.74, 6) is 0.858. The number of piperazine rings is 1. The number of nitrogens with one attached hydrogen (secondary N) is 1. The van der Waals surface area contributed by atoms with Gasteiger partial charge in [0.15, 0.2) is 0 Å². The molecule has 5 heteroatoms. The zero-order chi connectivity index (χ0) is 15.5. The molecule has 1 fully saturated rings. The second-order valence-electron chi connectivity index (χ2n) is 5.47. The quantitative estimate of drug-likeness (QED) is 0.847. The lowest BCUT2D eigenvalue weighted by Crippen LogP contribution is -2.67. The number of thioether (sulfide) groups is 1. The van der Waals surface area contributed by atoms with Gasteiger partial charge in [-0.05, 0) is 37.8 Å². The van der Waals surface area contributed by atoms with Gasteiger partial charge < -0.3 is 10.2 Å². The zero-order valence-electron chi connectivity index (χ0n) is 12.8. The molecule has 1 aliphatic heterocycles. The molecule has 114 valence electrons. The topological polar surface area (TPSA) is 49.4 Å². The van der Waals surface area contributed by atoms with Gasteiger partial charge in [-0.2, -0.15) is 11.8 Å². The van der Waals surface area contributed by atoms with E-state index >= 15 is 0 Å². The molecule has 0 aromatic heterocycles. The van der Waals surface area contributed by atoms with Crippen molar-refractivity contribution in [1.82, 2.24) is 10.2 Å². The molecular weight excluding hydrogens is 284 g/mol. The Morgan fingerprint density at radius 3 is 2.57 bits per heavy atom. The summed E-state index contributed by atoms with van der Waals surface area (Å²) in [6.07, 6.45) is 2.93. The normalized spacial score (nSPS) is 25.9. The lowest BCUT2D eigenvalue weighted by molar-refractivity contribution is -0.156. The highest BCUT2D eigenvalue weighted by Gasteiger charge is 2.48. The molecule has 1 aromatic rings. The van der Waals surface area contributed by atoms with Gasteiger partial charge in [-0.15, -0.1) is 0 Å². The van der Waals surface area contributed by atoms with Crippen LogP contribution in [0.2, 0.25) is 0 Å². The third kappa shape index (κ3) is 2.93. The molecule has 1 N–H and O–H groups in total. The highest BCUT2D eigenvalue weighted by Crippen LogP contribution is 2.32. The van der Waals surface area contributed by atoms with Crippen LogP contribution in [0, 0.1) is 0 Å². The molecule has 0 spiro atoms. The lowest BCUT2D eigenvalue weighted by atomic mass is 9.85. The molecule has 1 heterocycles. The van der Waals surface area contributed by atoms with Crippen molar-refractivity contribution in [2.45, 2.75) is 31.8 Å². The van der Waals surface area contributed by atoms with Crippen LogP contribution in [0.4, 0.5) is 0 Å². The fourth-order valence-electron chi connectivity index (χ4n) is 2.73. The van der Waals surface area contributed by atoms with Crippen LogP contribution < -0.4 is 5.32 Å². The van der Waals surface area contributed by atoms with Crippen molar-refractivity contribution in [3.05, 3.63) is 35.9 Å². The van der Waals surface area contributed by atoms with Crippen LogP contribution >= 0.6 is 11.8 Å². The van der Waals surface area contributed by atoms with Gasteiger partial charge in [0, 0.05) is 6.54 Å². The Balaban J connectivity index is 2.37. The van der Waals surface area contributed by atoms with Crippen LogP contribution in [0.15, 0.2) is 30.3 Å². The van der Waals surface area contributed by atoms with Gasteiger partial charge in [0.1, 0.15) is 11.6 Å². The van der Waals surface area contributed by atoms with E-state index < -0.39 is 11.6 Å². The number of hydrogen-bond acceptors (Lipinski definition) is 3. The summed E-state index contributed by atoms with van der Waals surface area (Å²) in [7, 11) is 0. The molecular formula is C16H22N2O2S. The zero-order valence-corrected chi connectivity index (χ0v) is 13.6. The SMILES string of the molecule is CSCCCN1C(=O)C(C)NC(=O)C1(C)c1ccccc1. The van der Waals surface area contributed by atoms with E-state index in [1.807, 2.05) is 43.5 Å². The standard InChI is InChI=1S/C16H22N2O2S/c1-12-14(19)18(10-7-11-21-3)16(2,15(20)17-12)13-8-5-4-6-9-13/h4-6,8-9,12H,7,10-11H2,1-3H3,(H,17,20). The first-order valence-corrected chi connectivity index (χ1v) is 8.58. The average Bonchev–Trinajstić information content (AvgIpc) is 2.50. The summed E-state index contributed by atoms with van der Waals surface area (Å²) in [5.41, 5.74) is -0.0737. The van der Waals surface area contributed by atoms with Crippen molar-refractivity contribution >= 4 is 23.6 Å². The third-order valence-corrected chi connectivity index (χ3v) is 4.73. The molecule has 0 saturated carbocycles. The third-order valence-electron chi connectivity index (χ3n) is 4.03. The molecule has 2 atom stereocenters. The molecule has 1 saturated heterocycles. The van der Waals surface area contributed by atoms with Gasteiger partial charge in [0.25, 0.3) is 5.91 Å². The van der Waals surface area contributed by atoms with Gasteiger partial charge in [0.2, 0.25) is 5.91 Å². The first-order chi connectivity index (χ1) is 10.0. The molecule has 0 bridgehead atoms. The van der Waals surface area contributed by atoms with E-state index in [1.165, 1.54) is 0 Å². The number of nitrogens with zero attached hydrogens (tertiary/aromatic N) is 1. The van der Waals surface area contributed by atoms with Crippen LogP contribution in [-0.4, -0.2) is 41.3 Å². The monoisotopic (exact) mass is 306 g/mol. The maximum atomic E-state index is 12.6. The summed E-state index contributed by atoms with van der Waals surface area (Å²) >= 11 is 1.75. The summed E-state index contributed by atoms with van der Waals surface area (Å²) < 4.78 is 0. The Kier molecular flexibility index (Phi) is 4.93. The number of carbonyl (C=O) groups excluding carboxylic acids is 2. The number of benzene rings is 1. The molecule has 0 aliphatic carbocycles. The van der Waals surface area contributed by atoms with E-state index in [4.69, 9.17) is 0 Å². The van der Waals surface area contributed by atoms with E-state index in [-0.39, 0.29) is 11.8 Å². The molecule has 1 aliphatic rings. The Morgan fingerprint density at radius 2 is 1.95 bits per heavy atom. The Morgan fingerprint density at radius 1 is 1.29 bits per heavy atom. The Labute approximate surface area is 130 Å². The van der Waals surface area contributed by atoms with Gasteiger partial charge in [-0.1, -0.05) is 30.3 Å². The van der Waals surface area contributed by atoms with Gasteiger partial charge >= 0.3 is 0 Å². The fraction of sp³-hybridized carbons (Fsp3) is 0.500. The van der Waals surface area contributed by atoms with Crippen LogP contribution in [0.1, 0.15) is 25.8 Å². The maximum Gasteiger partial charge on any atom is 0.250 e. The van der Waals surface area contributed by atoms with E-state index in [0.29, 0.717) is 6.54 Å². The van der Waals surface area contributed by atoms with Crippen molar-refractivity contribution in [2.24, 2.45) is 0 Å². The lowest BCUT2D eigenvalue weighted by Gasteiger charge is -2.46. The Hall–Kier alpha value is -1.49. The first kappa shape index (κ1) is 15.9. The van der Waals surface area contributed by atoms with Crippen molar-refractivity contribution in [2.75, 3.05) is 18.6 Å². The molecule has 2 rings (SSSR count). The van der Waals surface area contributed by atoms with E-state index in [2.05, 4.69) is 5.32 Å². The fourth-order valence-corrected chi connectivity index (χ4v) is 3.14. The van der Waals surface area contributed by atoms with Crippen LogP contribution in [-0.2, 0) is 15.1 Å². The predicted octanol–water partition coefficient (Wildman–Crippen LogP) is 2.00. The minimum Gasteiger partial charge on any atom is -0.342 e. The van der Waals surface area contributed by atoms with Crippen LogP contribution in [0.3, 0.4) is 0 Å². The van der Waals surface area contributed by atoms with Gasteiger partial charge in [-0.25, -0.2) is 0 Å². The van der Waals surface area contributed by atoms with Crippen molar-refractivity contribution in [1.29, 1.82) is 0 Å². The molecule has 4 nitrogen and oxygen atoms in total. The summed E-state index contributed by atoms with van der Waals surface area (Å²) in [5, 5.41) is 2.80. The summed E-state index contributed by atoms with van der Waals surface area (Å²) in [4.78, 5) is 26.9. The van der Waals surface area contributed by atoms with E-state index in [0.717, 1.165) is 17.7 Å². The van der Waals surface area contributed by atoms with Crippen molar-refractivity contribution in [3.8, 4) is 0 Å². The predicted molar refractivity (Wildman–Crippen MR) is 86.1 cm³/mol. The number of carbonyl (C=O) groups is 2. The number of amides is 2. The second kappa shape index (κ2) is 6.52. The maximum absolute atomic E-state index is 12.6. The number of rotatable bonds is 5. The second-order valence-corrected chi connectivity index (χ2v) is 6.46. The first-order valence-electron chi connectivity index (χ1n) is 7.18. The van der Waals surface area contributed by atoms with E-state index in [9.17, 15) is 9.59 Å². The Bertz CT molecular complexity index is 520.